The summed E-state index contributed by atoms with van der Waals surface area (Å²) in [6.45, 7) is 1.35. The van der Waals surface area contributed by atoms with E-state index in [1.807, 2.05) is 0 Å². The number of rotatable bonds is 1. The summed E-state index contributed by atoms with van der Waals surface area (Å²) in [6, 6.07) is 1.80. The van der Waals surface area contributed by atoms with E-state index in [4.69, 9.17) is 5.26 Å². The van der Waals surface area contributed by atoms with Gasteiger partial charge < -0.3 is 9.80 Å². The van der Waals surface area contributed by atoms with Gasteiger partial charge in [-0.05, 0) is 6.42 Å². The third kappa shape index (κ3) is 2.46. The third-order valence-electron chi connectivity index (χ3n) is 2.26. The van der Waals surface area contributed by atoms with Gasteiger partial charge in [0.2, 0.25) is 11.8 Å². The molecular weight excluding hydrogens is 182 g/mol. The molecule has 0 atom stereocenters. The number of carbonyl (C=O) groups is 2. The Hall–Kier alpha value is -1.57. The Labute approximate surface area is 82.9 Å². The molecule has 0 N–H and O–H groups in total. The lowest BCUT2D eigenvalue weighted by Crippen LogP contribution is -2.37. The van der Waals surface area contributed by atoms with Crippen LogP contribution in [0.4, 0.5) is 0 Å². The second-order valence-electron chi connectivity index (χ2n) is 3.32. The van der Waals surface area contributed by atoms with Crippen LogP contribution >= 0.6 is 0 Å². The van der Waals surface area contributed by atoms with Crippen molar-refractivity contribution < 1.29 is 9.59 Å². The Morgan fingerprint density at radius 3 is 2.93 bits per heavy atom. The fraction of sp³-hybridized carbons (Fsp3) is 0.667. The predicted molar refractivity (Wildman–Crippen MR) is 49.1 cm³/mol. The molecule has 0 aromatic heterocycles. The second kappa shape index (κ2) is 4.61. The van der Waals surface area contributed by atoms with Gasteiger partial charge in [-0.15, -0.1) is 0 Å². The monoisotopic (exact) mass is 195 g/mol. The minimum Gasteiger partial charge on any atom is -0.344 e. The van der Waals surface area contributed by atoms with E-state index >= 15 is 0 Å². The minimum atomic E-state index is -0.254. The average Bonchev–Trinajstić information content (AvgIpc) is 2.30. The maximum atomic E-state index is 11.4. The van der Waals surface area contributed by atoms with Crippen molar-refractivity contribution in [3.05, 3.63) is 0 Å². The molecule has 1 rings (SSSR count). The Balaban J connectivity index is 2.59. The number of amides is 2. The third-order valence-corrected chi connectivity index (χ3v) is 2.26. The number of nitriles is 1. The van der Waals surface area contributed by atoms with Crippen molar-refractivity contribution in [3.63, 3.8) is 0 Å². The summed E-state index contributed by atoms with van der Waals surface area (Å²) in [4.78, 5) is 25.8. The summed E-state index contributed by atoms with van der Waals surface area (Å²) in [5, 5.41) is 8.36. The van der Waals surface area contributed by atoms with E-state index in [9.17, 15) is 9.59 Å². The summed E-state index contributed by atoms with van der Waals surface area (Å²) in [7, 11) is 1.72. The molecule has 0 aromatic rings. The largest absolute Gasteiger partial charge is 0.344 e. The zero-order chi connectivity index (χ0) is 10.6. The van der Waals surface area contributed by atoms with E-state index in [-0.39, 0.29) is 24.8 Å². The van der Waals surface area contributed by atoms with Gasteiger partial charge in [0.15, 0.2) is 0 Å². The highest BCUT2D eigenvalue weighted by Crippen LogP contribution is 2.03. The second-order valence-corrected chi connectivity index (χ2v) is 3.32. The minimum absolute atomic E-state index is 0.0613. The summed E-state index contributed by atoms with van der Waals surface area (Å²) in [6.07, 6.45) is 0.635. The van der Waals surface area contributed by atoms with Crippen LogP contribution in [-0.4, -0.2) is 48.3 Å². The van der Waals surface area contributed by atoms with Crippen molar-refractivity contribution in [2.45, 2.75) is 12.8 Å². The van der Waals surface area contributed by atoms with Crippen molar-refractivity contribution in [2.75, 3.05) is 26.7 Å². The van der Waals surface area contributed by atoms with Gasteiger partial charge in [-0.2, -0.15) is 5.26 Å². The van der Waals surface area contributed by atoms with Gasteiger partial charge in [0.1, 0.15) is 6.42 Å². The lowest BCUT2D eigenvalue weighted by molar-refractivity contribution is -0.137. The number of nitrogens with zero attached hydrogens (tertiary/aromatic N) is 3. The summed E-state index contributed by atoms with van der Waals surface area (Å²) < 4.78 is 0. The predicted octanol–water partition coefficient (Wildman–Crippen LogP) is -0.409. The molecule has 1 heterocycles. The Kier molecular flexibility index (Phi) is 3.46. The first-order valence-electron chi connectivity index (χ1n) is 4.54. The van der Waals surface area contributed by atoms with E-state index in [1.54, 1.807) is 18.0 Å². The number of hydrogen-bond donors (Lipinski definition) is 0. The zero-order valence-electron chi connectivity index (χ0n) is 8.19. The van der Waals surface area contributed by atoms with Crippen LogP contribution in [0.25, 0.3) is 0 Å². The van der Waals surface area contributed by atoms with Crippen LogP contribution < -0.4 is 0 Å². The van der Waals surface area contributed by atoms with Crippen molar-refractivity contribution in [1.29, 1.82) is 5.26 Å². The molecule has 0 unspecified atom stereocenters. The highest BCUT2D eigenvalue weighted by Gasteiger charge is 2.22. The molecular formula is C9H13N3O2. The van der Waals surface area contributed by atoms with E-state index in [0.29, 0.717) is 13.1 Å². The maximum Gasteiger partial charge on any atom is 0.241 e. The Morgan fingerprint density at radius 2 is 2.29 bits per heavy atom. The molecule has 0 bridgehead atoms. The fourth-order valence-electron chi connectivity index (χ4n) is 1.38. The molecule has 0 aliphatic carbocycles. The van der Waals surface area contributed by atoms with Gasteiger partial charge in [0.05, 0.1) is 12.6 Å². The smallest absolute Gasteiger partial charge is 0.241 e. The van der Waals surface area contributed by atoms with E-state index in [0.717, 1.165) is 6.42 Å². The molecule has 14 heavy (non-hydrogen) atoms. The van der Waals surface area contributed by atoms with Crippen LogP contribution in [0.1, 0.15) is 12.8 Å². The number of likely N-dealkylation sites (N-methyl/N-ethyl adjacent to an activating group) is 1. The van der Waals surface area contributed by atoms with E-state index in [2.05, 4.69) is 0 Å². The molecule has 1 saturated heterocycles. The first-order chi connectivity index (χ1) is 6.65. The van der Waals surface area contributed by atoms with Crippen LogP contribution in [0.2, 0.25) is 0 Å². The molecule has 0 radical (unpaired) electrons. The molecule has 5 heteroatoms. The highest BCUT2D eigenvalue weighted by molar-refractivity contribution is 5.85. The van der Waals surface area contributed by atoms with E-state index < -0.39 is 0 Å². The topological polar surface area (TPSA) is 64.4 Å². The summed E-state index contributed by atoms with van der Waals surface area (Å²) in [5.41, 5.74) is 0. The van der Waals surface area contributed by atoms with Crippen LogP contribution in [0.5, 0.6) is 0 Å². The Bertz CT molecular complexity index is 282. The fourth-order valence-corrected chi connectivity index (χ4v) is 1.38. The standard InChI is InChI=1S/C9H13N3O2/c1-11-5-2-6-12(7-9(11)14)8(13)3-4-10/h2-3,5-7H2,1H3. The van der Waals surface area contributed by atoms with Gasteiger partial charge in [0, 0.05) is 20.1 Å². The average molecular weight is 195 g/mol. The van der Waals surface area contributed by atoms with Gasteiger partial charge in [-0.1, -0.05) is 0 Å². The van der Waals surface area contributed by atoms with Gasteiger partial charge in [-0.3, -0.25) is 9.59 Å². The SMILES string of the molecule is CN1CCCN(C(=O)CC#N)CC1=O. The summed E-state index contributed by atoms with van der Waals surface area (Å²) in [5.74, 6) is -0.315. The molecule has 1 fully saturated rings. The van der Waals surface area contributed by atoms with Crippen molar-refractivity contribution in [3.8, 4) is 6.07 Å². The molecule has 5 nitrogen and oxygen atoms in total. The first kappa shape index (κ1) is 10.5. The highest BCUT2D eigenvalue weighted by atomic mass is 16.2. The molecule has 0 saturated carbocycles. The van der Waals surface area contributed by atoms with Crippen molar-refractivity contribution >= 4 is 11.8 Å². The summed E-state index contributed by atoms with van der Waals surface area (Å²) >= 11 is 0. The van der Waals surface area contributed by atoms with Gasteiger partial charge in [-0.25, -0.2) is 0 Å². The lowest BCUT2D eigenvalue weighted by Gasteiger charge is -2.18. The van der Waals surface area contributed by atoms with Crippen LogP contribution in [0, 0.1) is 11.3 Å². The van der Waals surface area contributed by atoms with Crippen molar-refractivity contribution in [2.24, 2.45) is 0 Å². The lowest BCUT2D eigenvalue weighted by atomic mass is 10.3. The Morgan fingerprint density at radius 1 is 1.57 bits per heavy atom. The first-order valence-corrected chi connectivity index (χ1v) is 4.54. The molecule has 1 aliphatic heterocycles. The molecule has 1 aliphatic rings. The number of carbonyl (C=O) groups excluding carboxylic acids is 2. The quantitative estimate of drug-likeness (QED) is 0.571. The molecule has 0 aromatic carbocycles. The normalized spacial score (nSPS) is 17.6. The maximum absolute atomic E-state index is 11.4. The van der Waals surface area contributed by atoms with Gasteiger partial charge in [0.25, 0.3) is 0 Å². The van der Waals surface area contributed by atoms with Gasteiger partial charge >= 0.3 is 0 Å². The molecule has 2 amide bonds. The molecule has 76 valence electrons. The van der Waals surface area contributed by atoms with Crippen LogP contribution in [0.15, 0.2) is 0 Å². The van der Waals surface area contributed by atoms with Crippen LogP contribution in [-0.2, 0) is 9.59 Å². The zero-order valence-corrected chi connectivity index (χ0v) is 8.19. The van der Waals surface area contributed by atoms with Crippen LogP contribution in [0.3, 0.4) is 0 Å². The van der Waals surface area contributed by atoms with Crippen molar-refractivity contribution in [1.82, 2.24) is 9.80 Å². The molecule has 0 spiro atoms. The van der Waals surface area contributed by atoms with E-state index in [1.165, 1.54) is 4.90 Å². The number of hydrogen-bond acceptors (Lipinski definition) is 3.